The molecule has 0 aliphatic carbocycles. The molecule has 1 amide bonds. The largest absolute Gasteiger partial charge is 0.416 e. The molecular formula is C17H10ClF3N2O. The van der Waals surface area contributed by atoms with Crippen LogP contribution in [0, 0.1) is 11.3 Å². The van der Waals surface area contributed by atoms with Gasteiger partial charge in [-0.3, -0.25) is 4.79 Å². The number of alkyl halides is 3. The molecule has 1 N–H and O–H groups in total. The lowest BCUT2D eigenvalue weighted by Crippen LogP contribution is -2.14. The van der Waals surface area contributed by atoms with Gasteiger partial charge in [0, 0.05) is 10.7 Å². The van der Waals surface area contributed by atoms with Gasteiger partial charge < -0.3 is 5.32 Å². The van der Waals surface area contributed by atoms with Gasteiger partial charge in [-0.15, -0.1) is 0 Å². The summed E-state index contributed by atoms with van der Waals surface area (Å²) in [6.45, 7) is 0. The van der Waals surface area contributed by atoms with Crippen LogP contribution in [0.25, 0.3) is 6.08 Å². The zero-order valence-electron chi connectivity index (χ0n) is 12.1. The first-order valence-electron chi connectivity index (χ1n) is 6.65. The summed E-state index contributed by atoms with van der Waals surface area (Å²) in [6, 6.07) is 12.4. The van der Waals surface area contributed by atoms with E-state index in [-0.39, 0.29) is 11.3 Å². The number of nitrogens with one attached hydrogen (secondary N) is 1. The third-order valence-electron chi connectivity index (χ3n) is 2.97. The number of nitrogens with zero attached hydrogens (tertiary/aromatic N) is 1. The van der Waals surface area contributed by atoms with Crippen LogP contribution in [0.2, 0.25) is 5.02 Å². The van der Waals surface area contributed by atoms with Crippen LogP contribution in [-0.2, 0) is 11.0 Å². The Bertz CT molecular complexity index is 838. The van der Waals surface area contributed by atoms with E-state index in [1.807, 2.05) is 0 Å². The average Bonchev–Trinajstić information content (AvgIpc) is 2.52. The van der Waals surface area contributed by atoms with Crippen LogP contribution in [0.15, 0.2) is 54.1 Å². The lowest BCUT2D eigenvalue weighted by Gasteiger charge is -2.09. The van der Waals surface area contributed by atoms with E-state index in [2.05, 4.69) is 5.32 Å². The predicted octanol–water partition coefficient (Wildman–Crippen LogP) is 4.90. The molecule has 0 atom stereocenters. The van der Waals surface area contributed by atoms with Crippen molar-refractivity contribution in [2.75, 3.05) is 5.32 Å². The molecule has 2 aromatic carbocycles. The maximum Gasteiger partial charge on any atom is 0.416 e. The number of halogens is 4. The van der Waals surface area contributed by atoms with Gasteiger partial charge in [0.05, 0.1) is 5.56 Å². The molecule has 0 aliphatic heterocycles. The Hall–Kier alpha value is -2.78. The van der Waals surface area contributed by atoms with Crippen molar-refractivity contribution in [2.45, 2.75) is 6.18 Å². The van der Waals surface area contributed by atoms with Gasteiger partial charge in [0.15, 0.2) is 0 Å². The topological polar surface area (TPSA) is 52.9 Å². The highest BCUT2D eigenvalue weighted by Gasteiger charge is 2.30. The third kappa shape index (κ3) is 4.61. The number of nitriles is 1. The second kappa shape index (κ2) is 7.20. The molecule has 122 valence electrons. The number of hydrogen-bond acceptors (Lipinski definition) is 2. The summed E-state index contributed by atoms with van der Waals surface area (Å²) in [5, 5.41) is 11.8. The lowest BCUT2D eigenvalue weighted by molar-refractivity contribution is -0.137. The Morgan fingerprint density at radius 2 is 1.88 bits per heavy atom. The van der Waals surface area contributed by atoms with Crippen molar-refractivity contribution < 1.29 is 18.0 Å². The number of hydrogen-bond donors (Lipinski definition) is 1. The molecule has 0 saturated heterocycles. The number of amides is 1. The fraction of sp³-hybridized carbons (Fsp3) is 0.0588. The van der Waals surface area contributed by atoms with E-state index in [1.165, 1.54) is 18.2 Å². The second-order valence-electron chi connectivity index (χ2n) is 4.76. The monoisotopic (exact) mass is 350 g/mol. The minimum absolute atomic E-state index is 0.0536. The van der Waals surface area contributed by atoms with Crippen LogP contribution in [0.3, 0.4) is 0 Å². The van der Waals surface area contributed by atoms with Crippen LogP contribution in [0.1, 0.15) is 11.1 Å². The fourth-order valence-corrected chi connectivity index (χ4v) is 2.08. The number of carbonyl (C=O) groups excluding carboxylic acids is 1. The molecule has 0 saturated carbocycles. The van der Waals surface area contributed by atoms with E-state index in [1.54, 1.807) is 30.3 Å². The maximum atomic E-state index is 12.7. The fourth-order valence-electron chi connectivity index (χ4n) is 1.88. The molecule has 7 heteroatoms. The lowest BCUT2D eigenvalue weighted by atomic mass is 10.1. The summed E-state index contributed by atoms with van der Waals surface area (Å²) in [5.41, 5.74) is -0.674. The first-order valence-corrected chi connectivity index (χ1v) is 7.03. The van der Waals surface area contributed by atoms with Crippen molar-refractivity contribution in [3.05, 3.63) is 70.3 Å². The first-order chi connectivity index (χ1) is 11.3. The Kier molecular flexibility index (Phi) is 5.27. The summed E-state index contributed by atoms with van der Waals surface area (Å²) < 4.78 is 38.0. The standard InChI is InChI=1S/C17H10ClF3N2O/c18-14-5-1-3-11(8-14)7-12(10-22)16(24)23-15-6-2-4-13(9-15)17(19,20)21/h1-9H,(H,23,24)/b12-7+. The molecule has 0 radical (unpaired) electrons. The van der Waals surface area contributed by atoms with Crippen LogP contribution in [0.5, 0.6) is 0 Å². The Labute approximate surface area is 141 Å². The van der Waals surface area contributed by atoms with E-state index in [0.29, 0.717) is 10.6 Å². The van der Waals surface area contributed by atoms with Crippen molar-refractivity contribution in [1.29, 1.82) is 5.26 Å². The van der Waals surface area contributed by atoms with Crippen LogP contribution >= 0.6 is 11.6 Å². The van der Waals surface area contributed by atoms with Crippen LogP contribution < -0.4 is 5.32 Å². The minimum Gasteiger partial charge on any atom is -0.321 e. The summed E-state index contributed by atoms with van der Waals surface area (Å²) >= 11 is 5.82. The Balaban J connectivity index is 2.23. The highest BCUT2D eigenvalue weighted by atomic mass is 35.5. The second-order valence-corrected chi connectivity index (χ2v) is 5.19. The highest BCUT2D eigenvalue weighted by molar-refractivity contribution is 6.30. The summed E-state index contributed by atoms with van der Waals surface area (Å²) in [4.78, 5) is 12.1. The molecule has 24 heavy (non-hydrogen) atoms. The summed E-state index contributed by atoms with van der Waals surface area (Å²) in [6.07, 6.45) is -3.22. The van der Waals surface area contributed by atoms with E-state index in [9.17, 15) is 18.0 Å². The summed E-state index contributed by atoms with van der Waals surface area (Å²) in [5.74, 6) is -0.809. The van der Waals surface area contributed by atoms with Crippen molar-refractivity contribution in [3.63, 3.8) is 0 Å². The Morgan fingerprint density at radius 1 is 1.17 bits per heavy atom. The third-order valence-corrected chi connectivity index (χ3v) is 3.21. The molecule has 0 bridgehead atoms. The van der Waals surface area contributed by atoms with Gasteiger partial charge in [0.25, 0.3) is 5.91 Å². The van der Waals surface area contributed by atoms with E-state index in [0.717, 1.165) is 12.1 Å². The van der Waals surface area contributed by atoms with Crippen LogP contribution in [0.4, 0.5) is 18.9 Å². The number of carbonyl (C=O) groups is 1. The average molecular weight is 351 g/mol. The van der Waals surface area contributed by atoms with Crippen molar-refractivity contribution in [3.8, 4) is 6.07 Å². The number of rotatable bonds is 3. The predicted molar refractivity (Wildman–Crippen MR) is 85.1 cm³/mol. The van der Waals surface area contributed by atoms with Crippen molar-refractivity contribution >= 4 is 29.3 Å². The van der Waals surface area contributed by atoms with Gasteiger partial charge in [0.1, 0.15) is 11.6 Å². The SMILES string of the molecule is N#C/C(=C\c1cccc(Cl)c1)C(=O)Nc1cccc(C(F)(F)F)c1. The molecule has 2 aromatic rings. The molecule has 0 aromatic heterocycles. The molecule has 0 unspecified atom stereocenters. The van der Waals surface area contributed by atoms with Gasteiger partial charge in [0.2, 0.25) is 0 Å². The molecule has 0 heterocycles. The Morgan fingerprint density at radius 3 is 2.50 bits per heavy atom. The van der Waals surface area contributed by atoms with Crippen molar-refractivity contribution in [1.82, 2.24) is 0 Å². The minimum atomic E-state index is -4.52. The maximum absolute atomic E-state index is 12.7. The van der Waals surface area contributed by atoms with E-state index in [4.69, 9.17) is 16.9 Å². The zero-order chi connectivity index (χ0) is 17.7. The van der Waals surface area contributed by atoms with Gasteiger partial charge in [-0.1, -0.05) is 29.8 Å². The normalized spacial score (nSPS) is 11.7. The molecule has 0 aliphatic rings. The smallest absolute Gasteiger partial charge is 0.321 e. The van der Waals surface area contributed by atoms with E-state index >= 15 is 0 Å². The van der Waals surface area contributed by atoms with Gasteiger partial charge in [-0.2, -0.15) is 18.4 Å². The molecule has 3 nitrogen and oxygen atoms in total. The quantitative estimate of drug-likeness (QED) is 0.632. The molecular weight excluding hydrogens is 341 g/mol. The first kappa shape index (κ1) is 17.6. The molecule has 2 rings (SSSR count). The highest BCUT2D eigenvalue weighted by Crippen LogP contribution is 2.30. The zero-order valence-corrected chi connectivity index (χ0v) is 12.8. The van der Waals surface area contributed by atoms with E-state index < -0.39 is 17.6 Å². The van der Waals surface area contributed by atoms with Gasteiger partial charge in [-0.25, -0.2) is 0 Å². The summed E-state index contributed by atoms with van der Waals surface area (Å²) in [7, 11) is 0. The molecule has 0 fully saturated rings. The molecule has 0 spiro atoms. The number of benzene rings is 2. The van der Waals surface area contributed by atoms with Crippen LogP contribution in [-0.4, -0.2) is 5.91 Å². The van der Waals surface area contributed by atoms with Crippen molar-refractivity contribution in [2.24, 2.45) is 0 Å². The van der Waals surface area contributed by atoms with Gasteiger partial charge >= 0.3 is 6.18 Å². The number of anilines is 1. The van der Waals surface area contributed by atoms with Gasteiger partial charge in [-0.05, 0) is 42.0 Å².